The molecule has 4 rings (SSSR count). The number of halogens is 1. The Morgan fingerprint density at radius 3 is 2.67 bits per heavy atom. The maximum atomic E-state index is 10.2. The van der Waals surface area contributed by atoms with E-state index in [4.69, 9.17) is 16.6 Å². The Hall–Kier alpha value is -1.89. The lowest BCUT2D eigenvalue weighted by molar-refractivity contribution is 0.0132. The van der Waals surface area contributed by atoms with Gasteiger partial charge < -0.3 is 20.2 Å². The van der Waals surface area contributed by atoms with Crippen LogP contribution in [0.4, 0.5) is 11.8 Å². The van der Waals surface area contributed by atoms with E-state index >= 15 is 0 Å². The lowest BCUT2D eigenvalue weighted by Crippen LogP contribution is -2.55. The largest absolute Gasteiger partial charge is 0.389 e. The van der Waals surface area contributed by atoms with E-state index in [0.29, 0.717) is 11.8 Å². The molecule has 180 valence electrons. The zero-order valence-electron chi connectivity index (χ0n) is 20.6. The van der Waals surface area contributed by atoms with Crippen LogP contribution in [0.3, 0.4) is 0 Å². The molecule has 0 radical (unpaired) electrons. The Morgan fingerprint density at radius 2 is 1.97 bits per heavy atom. The van der Waals surface area contributed by atoms with Gasteiger partial charge >= 0.3 is 0 Å². The third kappa shape index (κ3) is 5.97. The van der Waals surface area contributed by atoms with Crippen molar-refractivity contribution in [2.45, 2.75) is 59.1 Å². The van der Waals surface area contributed by atoms with E-state index in [9.17, 15) is 5.11 Å². The summed E-state index contributed by atoms with van der Waals surface area (Å²) in [6, 6.07) is 6.22. The third-order valence-corrected chi connectivity index (χ3v) is 7.27. The fraction of sp³-hybridized carbons (Fsp3) is 0.615. The zero-order chi connectivity index (χ0) is 23.8. The Bertz CT molecular complexity index is 970. The molecular weight excluding hydrogens is 434 g/mol. The molecule has 0 aliphatic carbocycles. The minimum atomic E-state index is -0.632. The molecule has 0 saturated carbocycles. The van der Waals surface area contributed by atoms with Crippen molar-refractivity contribution in [1.29, 1.82) is 0 Å². The lowest BCUT2D eigenvalue weighted by atomic mass is 9.80. The Kier molecular flexibility index (Phi) is 7.18. The van der Waals surface area contributed by atoms with Crippen LogP contribution in [0.25, 0.3) is 0 Å². The van der Waals surface area contributed by atoms with Crippen molar-refractivity contribution in [1.82, 2.24) is 14.9 Å². The van der Waals surface area contributed by atoms with Crippen LogP contribution in [0.1, 0.15) is 56.3 Å². The smallest absolute Gasteiger partial charge is 0.227 e. The van der Waals surface area contributed by atoms with Crippen LogP contribution >= 0.6 is 11.6 Å². The van der Waals surface area contributed by atoms with Crippen molar-refractivity contribution in [2.75, 3.05) is 42.9 Å². The van der Waals surface area contributed by atoms with Crippen molar-refractivity contribution in [2.24, 2.45) is 11.8 Å². The van der Waals surface area contributed by atoms with Crippen molar-refractivity contribution < 1.29 is 5.11 Å². The van der Waals surface area contributed by atoms with E-state index in [2.05, 4.69) is 39.2 Å². The molecule has 3 heterocycles. The number of nitrogens with zero attached hydrogens (tertiary/aromatic N) is 4. The summed E-state index contributed by atoms with van der Waals surface area (Å²) in [6.45, 7) is 14.9. The maximum Gasteiger partial charge on any atom is 0.227 e. The van der Waals surface area contributed by atoms with Gasteiger partial charge in [-0.05, 0) is 83.0 Å². The van der Waals surface area contributed by atoms with Gasteiger partial charge in [0.25, 0.3) is 0 Å². The molecule has 2 aliphatic heterocycles. The molecule has 0 amide bonds. The van der Waals surface area contributed by atoms with Gasteiger partial charge in [0.15, 0.2) is 0 Å². The summed E-state index contributed by atoms with van der Waals surface area (Å²) in [7, 11) is 0. The summed E-state index contributed by atoms with van der Waals surface area (Å²) >= 11 is 6.48. The highest BCUT2D eigenvalue weighted by atomic mass is 35.5. The molecule has 2 atom stereocenters. The fourth-order valence-electron chi connectivity index (χ4n) is 5.14. The molecule has 0 bridgehead atoms. The Balaban J connectivity index is 1.37. The van der Waals surface area contributed by atoms with E-state index in [1.165, 1.54) is 12.8 Å². The molecule has 2 aromatic rings. The van der Waals surface area contributed by atoms with Gasteiger partial charge in [-0.15, -0.1) is 0 Å². The minimum absolute atomic E-state index is 0.0488. The van der Waals surface area contributed by atoms with Gasteiger partial charge in [0, 0.05) is 43.0 Å². The Labute approximate surface area is 203 Å². The van der Waals surface area contributed by atoms with Crippen LogP contribution < -0.4 is 10.2 Å². The topological polar surface area (TPSA) is 64.5 Å². The van der Waals surface area contributed by atoms with Gasteiger partial charge in [-0.3, -0.25) is 0 Å². The second-order valence-electron chi connectivity index (χ2n) is 10.7. The summed E-state index contributed by atoms with van der Waals surface area (Å²) < 4.78 is 0. The van der Waals surface area contributed by atoms with E-state index in [-0.39, 0.29) is 6.04 Å². The highest BCUT2D eigenvalue weighted by Gasteiger charge is 2.37. The van der Waals surface area contributed by atoms with Gasteiger partial charge in [0.05, 0.1) is 11.6 Å². The van der Waals surface area contributed by atoms with Crippen LogP contribution in [-0.2, 0) is 0 Å². The van der Waals surface area contributed by atoms with E-state index in [0.717, 1.165) is 66.2 Å². The molecule has 33 heavy (non-hydrogen) atoms. The fourth-order valence-corrected chi connectivity index (χ4v) is 5.54. The monoisotopic (exact) mass is 471 g/mol. The molecular formula is C26H38ClN5O. The Morgan fingerprint density at radius 1 is 1.21 bits per heavy atom. The number of hydrogen-bond acceptors (Lipinski definition) is 6. The van der Waals surface area contributed by atoms with E-state index < -0.39 is 5.60 Å². The van der Waals surface area contributed by atoms with Crippen LogP contribution in [-0.4, -0.2) is 58.3 Å². The molecule has 2 saturated heterocycles. The maximum absolute atomic E-state index is 10.2. The molecule has 0 spiro atoms. The van der Waals surface area contributed by atoms with E-state index in [1.54, 1.807) is 0 Å². The first kappa shape index (κ1) is 24.2. The quantitative estimate of drug-likeness (QED) is 0.602. The summed E-state index contributed by atoms with van der Waals surface area (Å²) in [5.41, 5.74) is 2.62. The van der Waals surface area contributed by atoms with Crippen molar-refractivity contribution in [3.63, 3.8) is 0 Å². The first-order valence-corrected chi connectivity index (χ1v) is 12.5. The molecule has 0 unspecified atom stereocenters. The standard InChI is InChI=1S/C26H38ClN5O/c1-17-8-9-22(23(27)11-17)19(3)29-24-18(2)12-28-25(30-24)32-14-21(15-32)20-7-6-10-31(13-20)16-26(4,5)33/h8-9,11-12,19-21,33H,6-7,10,13-16H2,1-5H3,(H,28,29,30)/t19-,20+/m1/s1. The van der Waals surface area contributed by atoms with Gasteiger partial charge in [0.1, 0.15) is 5.82 Å². The number of piperidine rings is 1. The number of rotatable bonds is 7. The van der Waals surface area contributed by atoms with Gasteiger partial charge in [-0.25, -0.2) is 4.98 Å². The molecule has 7 heteroatoms. The number of anilines is 2. The summed E-state index contributed by atoms with van der Waals surface area (Å²) in [5, 5.41) is 14.5. The van der Waals surface area contributed by atoms with Gasteiger partial charge in [-0.2, -0.15) is 4.98 Å². The second kappa shape index (κ2) is 9.77. The van der Waals surface area contributed by atoms with Crippen molar-refractivity contribution in [3.8, 4) is 0 Å². The normalized spacial score (nSPS) is 21.1. The second-order valence-corrected chi connectivity index (χ2v) is 11.1. The number of β-amino-alcohol motifs (C(OH)–C–C–N with tert-alkyl or cyclic N) is 1. The number of aliphatic hydroxyl groups is 1. The molecule has 2 N–H and O–H groups in total. The highest BCUT2D eigenvalue weighted by Crippen LogP contribution is 2.34. The van der Waals surface area contributed by atoms with Crippen LogP contribution in [0.15, 0.2) is 24.4 Å². The third-order valence-electron chi connectivity index (χ3n) is 6.95. The number of benzene rings is 1. The molecule has 1 aromatic carbocycles. The average molecular weight is 472 g/mol. The summed E-state index contributed by atoms with van der Waals surface area (Å²) in [6.07, 6.45) is 4.40. The molecule has 2 aliphatic rings. The lowest BCUT2D eigenvalue weighted by Gasteiger charge is -2.47. The number of aryl methyl sites for hydroxylation is 2. The van der Waals surface area contributed by atoms with Gasteiger partial charge in [0.2, 0.25) is 5.95 Å². The van der Waals surface area contributed by atoms with Gasteiger partial charge in [-0.1, -0.05) is 23.7 Å². The SMILES string of the molecule is Cc1ccc([C@@H](C)Nc2nc(N3CC([C@H]4CCCN(CC(C)(C)O)C4)C3)ncc2C)c(Cl)c1. The van der Waals surface area contributed by atoms with Crippen LogP contribution in [0.2, 0.25) is 5.02 Å². The first-order valence-electron chi connectivity index (χ1n) is 12.1. The number of hydrogen-bond donors (Lipinski definition) is 2. The predicted octanol–water partition coefficient (Wildman–Crippen LogP) is 4.84. The minimum Gasteiger partial charge on any atom is -0.389 e. The van der Waals surface area contributed by atoms with Crippen LogP contribution in [0.5, 0.6) is 0 Å². The predicted molar refractivity (Wildman–Crippen MR) is 136 cm³/mol. The number of aromatic nitrogens is 2. The van der Waals surface area contributed by atoms with E-state index in [1.807, 2.05) is 40.0 Å². The van der Waals surface area contributed by atoms with Crippen molar-refractivity contribution in [3.05, 3.63) is 46.1 Å². The summed E-state index contributed by atoms with van der Waals surface area (Å²) in [5.74, 6) is 3.01. The zero-order valence-corrected chi connectivity index (χ0v) is 21.4. The molecule has 1 aromatic heterocycles. The van der Waals surface area contributed by atoms with Crippen molar-refractivity contribution >= 4 is 23.4 Å². The first-order chi connectivity index (χ1) is 15.6. The summed E-state index contributed by atoms with van der Waals surface area (Å²) in [4.78, 5) is 14.2. The van der Waals surface area contributed by atoms with Crippen LogP contribution in [0, 0.1) is 25.7 Å². The molecule has 6 nitrogen and oxygen atoms in total. The number of likely N-dealkylation sites (tertiary alicyclic amines) is 1. The number of nitrogens with one attached hydrogen (secondary N) is 1. The average Bonchev–Trinajstić information content (AvgIpc) is 2.68. The highest BCUT2D eigenvalue weighted by molar-refractivity contribution is 6.31. The molecule has 2 fully saturated rings.